The molecule has 0 aliphatic heterocycles. The number of rotatable bonds is 4. The normalized spacial score (nSPS) is 12.7. The van der Waals surface area contributed by atoms with Gasteiger partial charge >= 0.3 is 12.1 Å². The van der Waals surface area contributed by atoms with E-state index in [-0.39, 0.29) is 6.04 Å². The van der Waals surface area contributed by atoms with E-state index < -0.39 is 17.7 Å². The highest BCUT2D eigenvalue weighted by Crippen LogP contribution is 2.13. The molecule has 0 spiro atoms. The van der Waals surface area contributed by atoms with Crippen molar-refractivity contribution in [1.82, 2.24) is 15.1 Å². The van der Waals surface area contributed by atoms with E-state index in [2.05, 4.69) is 31.1 Å². The van der Waals surface area contributed by atoms with Gasteiger partial charge in [-0.1, -0.05) is 0 Å². The Morgan fingerprint density at radius 1 is 1.48 bits per heavy atom. The van der Waals surface area contributed by atoms with E-state index in [1.165, 1.54) is 11.8 Å². The SMILES string of the molecule is COC(=O)c1cc(Br)nn1C[C@@H](C)NC(=O)OC(C)(C)C. The van der Waals surface area contributed by atoms with Crippen molar-refractivity contribution in [2.45, 2.75) is 45.9 Å². The summed E-state index contributed by atoms with van der Waals surface area (Å²) in [5.41, 5.74) is -0.252. The summed E-state index contributed by atoms with van der Waals surface area (Å²) in [4.78, 5) is 23.3. The van der Waals surface area contributed by atoms with Crippen LogP contribution in [0.5, 0.6) is 0 Å². The predicted octanol–water partition coefficient (Wildman–Crippen LogP) is 2.35. The van der Waals surface area contributed by atoms with E-state index in [0.29, 0.717) is 16.8 Å². The van der Waals surface area contributed by atoms with E-state index in [0.717, 1.165) is 0 Å². The third kappa shape index (κ3) is 5.74. The fourth-order valence-electron chi connectivity index (χ4n) is 1.61. The topological polar surface area (TPSA) is 82.5 Å². The third-order valence-electron chi connectivity index (χ3n) is 2.35. The number of hydrogen-bond acceptors (Lipinski definition) is 5. The smallest absolute Gasteiger partial charge is 0.407 e. The van der Waals surface area contributed by atoms with E-state index in [1.54, 1.807) is 33.8 Å². The molecule has 1 heterocycles. The molecule has 7 nitrogen and oxygen atoms in total. The number of nitrogens with one attached hydrogen (secondary N) is 1. The zero-order valence-corrected chi connectivity index (χ0v) is 14.4. The molecule has 1 aromatic heterocycles. The summed E-state index contributed by atoms with van der Waals surface area (Å²) < 4.78 is 11.8. The van der Waals surface area contributed by atoms with Gasteiger partial charge in [0.25, 0.3) is 0 Å². The average molecular weight is 362 g/mol. The lowest BCUT2D eigenvalue weighted by molar-refractivity contribution is 0.0503. The molecule has 0 fully saturated rings. The lowest BCUT2D eigenvalue weighted by Gasteiger charge is -2.22. The molecule has 0 aliphatic carbocycles. The lowest BCUT2D eigenvalue weighted by atomic mass is 10.2. The molecule has 1 N–H and O–H groups in total. The number of aromatic nitrogens is 2. The number of esters is 1. The van der Waals surface area contributed by atoms with Crippen LogP contribution in [0.2, 0.25) is 0 Å². The van der Waals surface area contributed by atoms with Gasteiger partial charge in [-0.05, 0) is 43.6 Å². The van der Waals surface area contributed by atoms with E-state index in [9.17, 15) is 9.59 Å². The Kier molecular flexibility index (Phi) is 5.77. The first-order valence-electron chi connectivity index (χ1n) is 6.43. The Hall–Kier alpha value is -1.57. The van der Waals surface area contributed by atoms with Crippen molar-refractivity contribution in [3.63, 3.8) is 0 Å². The maximum Gasteiger partial charge on any atom is 0.407 e. The van der Waals surface area contributed by atoms with Crippen molar-refractivity contribution in [3.8, 4) is 0 Å². The van der Waals surface area contributed by atoms with Gasteiger partial charge in [-0.2, -0.15) is 5.10 Å². The summed E-state index contributed by atoms with van der Waals surface area (Å²) in [5.74, 6) is -0.488. The van der Waals surface area contributed by atoms with Crippen molar-refractivity contribution >= 4 is 28.0 Å². The van der Waals surface area contributed by atoms with Gasteiger partial charge in [0.1, 0.15) is 15.9 Å². The van der Waals surface area contributed by atoms with Crippen molar-refractivity contribution in [2.24, 2.45) is 0 Å². The maximum absolute atomic E-state index is 11.7. The number of methoxy groups -OCH3 is 1. The minimum atomic E-state index is -0.560. The van der Waals surface area contributed by atoms with Crippen LogP contribution in [0.25, 0.3) is 0 Å². The number of halogens is 1. The predicted molar refractivity (Wildman–Crippen MR) is 80.1 cm³/mol. The first kappa shape index (κ1) is 17.5. The Bertz CT molecular complexity index is 522. The fourth-order valence-corrected chi connectivity index (χ4v) is 2.02. The lowest BCUT2D eigenvalue weighted by Crippen LogP contribution is -2.40. The molecule has 1 atom stereocenters. The minimum Gasteiger partial charge on any atom is -0.464 e. The van der Waals surface area contributed by atoms with E-state index in [1.807, 2.05) is 0 Å². The second-order valence-electron chi connectivity index (χ2n) is 5.57. The molecule has 0 aromatic carbocycles. The first-order valence-corrected chi connectivity index (χ1v) is 7.23. The van der Waals surface area contributed by atoms with Gasteiger partial charge in [-0.15, -0.1) is 0 Å². The van der Waals surface area contributed by atoms with Crippen molar-refractivity contribution in [2.75, 3.05) is 7.11 Å². The molecule has 118 valence electrons. The molecule has 0 bridgehead atoms. The molecule has 0 unspecified atom stereocenters. The Morgan fingerprint density at radius 2 is 2.10 bits per heavy atom. The highest BCUT2D eigenvalue weighted by molar-refractivity contribution is 9.10. The molecular weight excluding hydrogens is 342 g/mol. The molecule has 8 heteroatoms. The second-order valence-corrected chi connectivity index (χ2v) is 6.39. The Balaban J connectivity index is 2.69. The Labute approximate surface area is 132 Å². The quantitative estimate of drug-likeness (QED) is 0.832. The van der Waals surface area contributed by atoms with Crippen molar-refractivity contribution in [3.05, 3.63) is 16.4 Å². The summed E-state index contributed by atoms with van der Waals surface area (Å²) in [6.07, 6.45) is -0.513. The zero-order valence-electron chi connectivity index (χ0n) is 12.8. The number of amides is 1. The zero-order chi connectivity index (χ0) is 16.2. The molecular formula is C13H20BrN3O4. The average Bonchev–Trinajstić information content (AvgIpc) is 2.66. The summed E-state index contributed by atoms with van der Waals surface area (Å²) in [6.45, 7) is 7.47. The van der Waals surface area contributed by atoms with Crippen LogP contribution >= 0.6 is 15.9 Å². The highest BCUT2D eigenvalue weighted by atomic mass is 79.9. The van der Waals surface area contributed by atoms with Crippen molar-refractivity contribution in [1.29, 1.82) is 0 Å². The van der Waals surface area contributed by atoms with Crippen LogP contribution in [0.15, 0.2) is 10.7 Å². The van der Waals surface area contributed by atoms with Crippen LogP contribution in [-0.2, 0) is 16.0 Å². The van der Waals surface area contributed by atoms with Crippen molar-refractivity contribution < 1.29 is 19.1 Å². The first-order chi connectivity index (χ1) is 9.62. The van der Waals surface area contributed by atoms with Crippen LogP contribution in [-0.4, -0.2) is 40.6 Å². The second kappa shape index (κ2) is 6.93. The molecule has 1 amide bonds. The Morgan fingerprint density at radius 3 is 2.62 bits per heavy atom. The fraction of sp³-hybridized carbons (Fsp3) is 0.615. The third-order valence-corrected chi connectivity index (χ3v) is 2.74. The molecule has 0 saturated heterocycles. The van der Waals surface area contributed by atoms with Gasteiger partial charge in [0.15, 0.2) is 0 Å². The van der Waals surface area contributed by atoms with Gasteiger partial charge in [-0.25, -0.2) is 9.59 Å². The number of hydrogen-bond donors (Lipinski definition) is 1. The van der Waals surface area contributed by atoms with Gasteiger partial charge < -0.3 is 14.8 Å². The van der Waals surface area contributed by atoms with E-state index >= 15 is 0 Å². The van der Waals surface area contributed by atoms with E-state index in [4.69, 9.17) is 4.74 Å². The molecule has 1 rings (SSSR count). The van der Waals surface area contributed by atoms with Gasteiger partial charge in [0, 0.05) is 12.1 Å². The van der Waals surface area contributed by atoms with Crippen LogP contribution < -0.4 is 5.32 Å². The molecule has 0 saturated carbocycles. The van der Waals surface area contributed by atoms with Crippen LogP contribution in [0.3, 0.4) is 0 Å². The number of alkyl carbamates (subject to hydrolysis) is 1. The number of nitrogens with zero attached hydrogens (tertiary/aromatic N) is 2. The summed E-state index contributed by atoms with van der Waals surface area (Å²) in [5, 5.41) is 6.83. The number of ether oxygens (including phenoxy) is 2. The van der Waals surface area contributed by atoms with Crippen LogP contribution in [0.4, 0.5) is 4.79 Å². The summed E-state index contributed by atoms with van der Waals surface area (Å²) in [7, 11) is 1.30. The standard InChI is InChI=1S/C13H20BrN3O4/c1-8(15-12(19)21-13(2,3)4)7-17-9(11(18)20-5)6-10(14)16-17/h6,8H,7H2,1-5H3,(H,15,19)/t8-/m1/s1. The summed E-state index contributed by atoms with van der Waals surface area (Å²) in [6, 6.07) is 1.29. The summed E-state index contributed by atoms with van der Waals surface area (Å²) >= 11 is 3.21. The molecule has 0 aliphatic rings. The molecule has 1 aromatic rings. The molecule has 21 heavy (non-hydrogen) atoms. The van der Waals surface area contributed by atoms with Gasteiger partial charge in [0.05, 0.1) is 13.7 Å². The monoisotopic (exact) mass is 361 g/mol. The largest absolute Gasteiger partial charge is 0.464 e. The van der Waals surface area contributed by atoms with Crippen LogP contribution in [0, 0.1) is 0 Å². The highest BCUT2D eigenvalue weighted by Gasteiger charge is 2.20. The van der Waals surface area contributed by atoms with Crippen LogP contribution in [0.1, 0.15) is 38.2 Å². The number of carbonyl (C=O) groups excluding carboxylic acids is 2. The number of carbonyl (C=O) groups is 2. The maximum atomic E-state index is 11.7. The molecule has 0 radical (unpaired) electrons. The van der Waals surface area contributed by atoms with Gasteiger partial charge in [0.2, 0.25) is 0 Å². The minimum absolute atomic E-state index is 0.268. The van der Waals surface area contributed by atoms with Gasteiger partial charge in [-0.3, -0.25) is 4.68 Å².